The molecule has 0 aromatic carbocycles. The summed E-state index contributed by atoms with van der Waals surface area (Å²) in [6.07, 6.45) is 4.36. The fraction of sp³-hybridized carbons (Fsp3) is 0.800. The smallest absolute Gasteiger partial charge is 0.220 e. The van der Waals surface area contributed by atoms with E-state index in [0.29, 0.717) is 18.4 Å². The SMILES string of the molecule is CC(C)N1CCC(CC(=O)N[C@@H](C)c2ncnn2C)CC1. The Morgan fingerprint density at radius 3 is 2.57 bits per heavy atom. The van der Waals surface area contributed by atoms with Crippen molar-refractivity contribution in [2.75, 3.05) is 13.1 Å². The molecule has 0 saturated carbocycles. The Balaban J connectivity index is 1.77. The lowest BCUT2D eigenvalue weighted by Crippen LogP contribution is -2.40. The minimum Gasteiger partial charge on any atom is -0.346 e. The third kappa shape index (κ3) is 4.27. The molecule has 1 saturated heterocycles. The molecule has 0 aliphatic carbocycles. The van der Waals surface area contributed by atoms with Gasteiger partial charge in [0.05, 0.1) is 6.04 Å². The van der Waals surface area contributed by atoms with Crippen LogP contribution in [0.25, 0.3) is 0 Å². The van der Waals surface area contributed by atoms with Crippen molar-refractivity contribution in [2.24, 2.45) is 13.0 Å². The van der Waals surface area contributed by atoms with Crippen molar-refractivity contribution in [2.45, 2.75) is 52.1 Å². The van der Waals surface area contributed by atoms with Gasteiger partial charge < -0.3 is 10.2 Å². The zero-order valence-electron chi connectivity index (χ0n) is 13.5. The molecule has 1 aromatic heterocycles. The quantitative estimate of drug-likeness (QED) is 0.893. The van der Waals surface area contributed by atoms with Crippen molar-refractivity contribution in [1.29, 1.82) is 0 Å². The molecule has 1 fully saturated rings. The third-order valence-electron chi connectivity index (χ3n) is 4.36. The number of carbonyl (C=O) groups excluding carboxylic acids is 1. The van der Waals surface area contributed by atoms with Gasteiger partial charge in [0.15, 0.2) is 0 Å². The fourth-order valence-corrected chi connectivity index (χ4v) is 3.00. The second kappa shape index (κ2) is 7.02. The Morgan fingerprint density at radius 2 is 2.05 bits per heavy atom. The first-order valence-electron chi connectivity index (χ1n) is 7.84. The summed E-state index contributed by atoms with van der Waals surface area (Å²) in [6, 6.07) is 0.511. The van der Waals surface area contributed by atoms with E-state index in [0.717, 1.165) is 31.8 Å². The number of aryl methyl sites for hydroxylation is 1. The molecule has 1 N–H and O–H groups in total. The number of amides is 1. The molecule has 0 bridgehead atoms. The molecule has 1 aliphatic rings. The summed E-state index contributed by atoms with van der Waals surface area (Å²) < 4.78 is 1.70. The number of rotatable bonds is 5. The normalized spacial score (nSPS) is 18.9. The molecule has 2 heterocycles. The van der Waals surface area contributed by atoms with Gasteiger partial charge in [-0.2, -0.15) is 5.10 Å². The first kappa shape index (κ1) is 15.9. The van der Waals surface area contributed by atoms with Gasteiger partial charge in [-0.1, -0.05) is 0 Å². The fourth-order valence-electron chi connectivity index (χ4n) is 3.00. The van der Waals surface area contributed by atoms with Crippen molar-refractivity contribution in [3.05, 3.63) is 12.2 Å². The summed E-state index contributed by atoms with van der Waals surface area (Å²) in [5.74, 6) is 1.41. The number of nitrogens with zero attached hydrogens (tertiary/aromatic N) is 4. The first-order chi connectivity index (χ1) is 9.97. The van der Waals surface area contributed by atoms with Crippen molar-refractivity contribution in [1.82, 2.24) is 25.0 Å². The Morgan fingerprint density at radius 1 is 1.38 bits per heavy atom. The van der Waals surface area contributed by atoms with Crippen LogP contribution in [0.4, 0.5) is 0 Å². The molecule has 2 rings (SSSR count). The molecule has 6 heteroatoms. The Labute approximate surface area is 126 Å². The van der Waals surface area contributed by atoms with E-state index in [1.54, 1.807) is 4.68 Å². The summed E-state index contributed by atoms with van der Waals surface area (Å²) >= 11 is 0. The van der Waals surface area contributed by atoms with E-state index < -0.39 is 0 Å². The van der Waals surface area contributed by atoms with Gasteiger partial charge in [0.1, 0.15) is 12.2 Å². The third-order valence-corrected chi connectivity index (χ3v) is 4.36. The largest absolute Gasteiger partial charge is 0.346 e. The summed E-state index contributed by atoms with van der Waals surface area (Å²) in [4.78, 5) is 18.8. The molecular weight excluding hydrogens is 266 g/mol. The van der Waals surface area contributed by atoms with Crippen LogP contribution in [0.2, 0.25) is 0 Å². The van der Waals surface area contributed by atoms with E-state index in [1.165, 1.54) is 6.33 Å². The molecule has 21 heavy (non-hydrogen) atoms. The number of piperidine rings is 1. The van der Waals surface area contributed by atoms with E-state index in [1.807, 2.05) is 14.0 Å². The monoisotopic (exact) mass is 293 g/mol. The maximum absolute atomic E-state index is 12.2. The lowest BCUT2D eigenvalue weighted by Gasteiger charge is -2.34. The van der Waals surface area contributed by atoms with E-state index in [9.17, 15) is 4.79 Å². The number of nitrogens with one attached hydrogen (secondary N) is 1. The van der Waals surface area contributed by atoms with Crippen LogP contribution in [-0.2, 0) is 11.8 Å². The van der Waals surface area contributed by atoms with E-state index >= 15 is 0 Å². The summed E-state index contributed by atoms with van der Waals surface area (Å²) in [5.41, 5.74) is 0. The van der Waals surface area contributed by atoms with Crippen molar-refractivity contribution in [3.8, 4) is 0 Å². The average Bonchev–Trinajstić information content (AvgIpc) is 2.85. The van der Waals surface area contributed by atoms with Gasteiger partial charge >= 0.3 is 0 Å². The molecule has 1 aliphatic heterocycles. The molecule has 118 valence electrons. The number of aromatic nitrogens is 3. The number of likely N-dealkylation sites (tertiary alicyclic amines) is 1. The first-order valence-corrected chi connectivity index (χ1v) is 7.84. The van der Waals surface area contributed by atoms with Crippen LogP contribution in [-0.4, -0.2) is 44.7 Å². The summed E-state index contributed by atoms with van der Waals surface area (Å²) in [6.45, 7) is 8.62. The molecule has 1 atom stereocenters. The number of hydrogen-bond donors (Lipinski definition) is 1. The standard InChI is InChI=1S/C15H27N5O/c1-11(2)20-7-5-13(6-8-20)9-14(21)18-12(3)15-16-10-17-19(15)4/h10-13H,5-9H2,1-4H3,(H,18,21)/t12-/m0/s1. The van der Waals surface area contributed by atoms with Crippen LogP contribution < -0.4 is 5.32 Å². The van der Waals surface area contributed by atoms with Gasteiger partial charge in [-0.05, 0) is 52.6 Å². The van der Waals surface area contributed by atoms with Crippen LogP contribution in [0, 0.1) is 5.92 Å². The van der Waals surface area contributed by atoms with Crippen LogP contribution in [0.5, 0.6) is 0 Å². The highest BCUT2D eigenvalue weighted by atomic mass is 16.1. The lowest BCUT2D eigenvalue weighted by atomic mass is 9.92. The van der Waals surface area contributed by atoms with Crippen molar-refractivity contribution >= 4 is 5.91 Å². The maximum atomic E-state index is 12.2. The highest BCUT2D eigenvalue weighted by Crippen LogP contribution is 2.22. The maximum Gasteiger partial charge on any atom is 0.220 e. The predicted octanol–water partition coefficient (Wildman–Crippen LogP) is 1.50. The minimum absolute atomic E-state index is 0.0965. The second-order valence-electron chi connectivity index (χ2n) is 6.31. The van der Waals surface area contributed by atoms with Gasteiger partial charge in [0, 0.05) is 19.5 Å². The molecule has 0 spiro atoms. The number of hydrogen-bond acceptors (Lipinski definition) is 4. The average molecular weight is 293 g/mol. The summed E-state index contributed by atoms with van der Waals surface area (Å²) in [7, 11) is 1.84. The summed E-state index contributed by atoms with van der Waals surface area (Å²) in [5, 5.41) is 7.06. The highest BCUT2D eigenvalue weighted by Gasteiger charge is 2.23. The zero-order valence-corrected chi connectivity index (χ0v) is 13.5. The van der Waals surface area contributed by atoms with E-state index in [4.69, 9.17) is 0 Å². The van der Waals surface area contributed by atoms with Crippen molar-refractivity contribution in [3.63, 3.8) is 0 Å². The Hall–Kier alpha value is -1.43. The minimum atomic E-state index is -0.0965. The molecular formula is C15H27N5O. The Bertz CT molecular complexity index is 462. The molecule has 1 amide bonds. The predicted molar refractivity (Wildman–Crippen MR) is 81.6 cm³/mol. The highest BCUT2D eigenvalue weighted by molar-refractivity contribution is 5.76. The zero-order chi connectivity index (χ0) is 15.4. The van der Waals surface area contributed by atoms with E-state index in [-0.39, 0.29) is 11.9 Å². The van der Waals surface area contributed by atoms with E-state index in [2.05, 4.69) is 34.1 Å². The van der Waals surface area contributed by atoms with Gasteiger partial charge in [-0.25, -0.2) is 4.98 Å². The Kier molecular flexibility index (Phi) is 5.33. The molecule has 0 unspecified atom stereocenters. The molecule has 0 radical (unpaired) electrons. The van der Waals surface area contributed by atoms with Gasteiger partial charge in [0.2, 0.25) is 5.91 Å². The lowest BCUT2D eigenvalue weighted by molar-refractivity contribution is -0.123. The van der Waals surface area contributed by atoms with Gasteiger partial charge in [0.25, 0.3) is 0 Å². The number of carbonyl (C=O) groups is 1. The van der Waals surface area contributed by atoms with Crippen LogP contribution in [0.15, 0.2) is 6.33 Å². The van der Waals surface area contributed by atoms with Crippen LogP contribution in [0.1, 0.15) is 51.9 Å². The van der Waals surface area contributed by atoms with Crippen LogP contribution in [0.3, 0.4) is 0 Å². The van der Waals surface area contributed by atoms with Gasteiger partial charge in [-0.3, -0.25) is 9.48 Å². The van der Waals surface area contributed by atoms with Crippen LogP contribution >= 0.6 is 0 Å². The van der Waals surface area contributed by atoms with Gasteiger partial charge in [-0.15, -0.1) is 0 Å². The topological polar surface area (TPSA) is 63.1 Å². The second-order valence-corrected chi connectivity index (χ2v) is 6.31. The van der Waals surface area contributed by atoms with Crippen molar-refractivity contribution < 1.29 is 4.79 Å². The molecule has 6 nitrogen and oxygen atoms in total. The molecule has 1 aromatic rings.